The number of esters is 2. The van der Waals surface area contributed by atoms with Crippen molar-refractivity contribution < 1.29 is 33.3 Å². The molecule has 0 aliphatic carbocycles. The first kappa shape index (κ1) is 23.5. The van der Waals surface area contributed by atoms with Crippen LogP contribution in [0.15, 0.2) is 30.3 Å². The van der Waals surface area contributed by atoms with E-state index in [1.54, 1.807) is 30.3 Å². The zero-order chi connectivity index (χ0) is 21.8. The second-order valence-corrected chi connectivity index (χ2v) is 13.6. The minimum atomic E-state index is -2.02. The maximum Gasteiger partial charge on any atom is 0.338 e. The predicted octanol–water partition coefficient (Wildman–Crippen LogP) is 3.27. The third-order valence-corrected chi connectivity index (χ3v) is 9.98. The molecule has 8 heteroatoms. The van der Waals surface area contributed by atoms with Crippen LogP contribution in [0.5, 0.6) is 0 Å². The molecule has 4 atom stereocenters. The van der Waals surface area contributed by atoms with E-state index >= 15 is 0 Å². The summed E-state index contributed by atoms with van der Waals surface area (Å²) >= 11 is 0. The zero-order valence-corrected chi connectivity index (χ0v) is 19.0. The summed E-state index contributed by atoms with van der Waals surface area (Å²) in [6.07, 6.45) is -3.58. The van der Waals surface area contributed by atoms with E-state index in [-0.39, 0.29) is 18.1 Å². The van der Waals surface area contributed by atoms with E-state index in [0.29, 0.717) is 5.56 Å². The van der Waals surface area contributed by atoms with E-state index < -0.39 is 44.9 Å². The second-order valence-electron chi connectivity index (χ2n) is 8.84. The van der Waals surface area contributed by atoms with Crippen molar-refractivity contribution in [3.8, 4) is 0 Å². The largest absolute Gasteiger partial charge is 0.455 e. The van der Waals surface area contributed by atoms with Gasteiger partial charge in [-0.25, -0.2) is 4.79 Å². The SMILES string of the molecule is CC(=O)O[C@H]1[C@H](O)O[C@H](CO[Si](C)(C)C(C)(C)C)C[C@@H]1OC(=O)c1ccccc1. The summed E-state index contributed by atoms with van der Waals surface area (Å²) in [7, 11) is -2.02. The van der Waals surface area contributed by atoms with Crippen LogP contribution in [0, 0.1) is 0 Å². The summed E-state index contributed by atoms with van der Waals surface area (Å²) in [6, 6.07) is 8.53. The van der Waals surface area contributed by atoms with Crippen LogP contribution in [0.3, 0.4) is 0 Å². The molecule has 1 aliphatic rings. The summed E-state index contributed by atoms with van der Waals surface area (Å²) in [4.78, 5) is 24.0. The Morgan fingerprint density at radius 2 is 1.79 bits per heavy atom. The number of aliphatic hydroxyl groups excluding tert-OH is 1. The van der Waals surface area contributed by atoms with Crippen LogP contribution in [0.1, 0.15) is 44.5 Å². The predicted molar refractivity (Wildman–Crippen MR) is 110 cm³/mol. The quantitative estimate of drug-likeness (QED) is 0.553. The number of ether oxygens (including phenoxy) is 3. The van der Waals surface area contributed by atoms with Crippen LogP contribution in [0.4, 0.5) is 0 Å². The number of aliphatic hydroxyl groups is 1. The number of carbonyl (C=O) groups excluding carboxylic acids is 2. The molecule has 1 aromatic rings. The second kappa shape index (κ2) is 9.38. The molecule has 0 radical (unpaired) electrons. The molecule has 1 fully saturated rings. The van der Waals surface area contributed by atoms with Crippen molar-refractivity contribution >= 4 is 20.3 Å². The Morgan fingerprint density at radius 3 is 2.34 bits per heavy atom. The van der Waals surface area contributed by atoms with Crippen molar-refractivity contribution in [2.75, 3.05) is 6.61 Å². The van der Waals surface area contributed by atoms with E-state index in [1.807, 2.05) is 0 Å². The standard InChI is InChI=1S/C21H32O7Si/c1-14(22)26-18-17(28-19(23)15-10-8-7-9-11-15)12-16(27-20(18)24)13-25-29(5,6)21(2,3)4/h7-11,16-18,20,24H,12-13H2,1-6H3/t16-,17-,18+,20+/m0/s1. The van der Waals surface area contributed by atoms with Gasteiger partial charge in [-0.2, -0.15) is 0 Å². The lowest BCUT2D eigenvalue weighted by molar-refractivity contribution is -0.258. The molecule has 1 N–H and O–H groups in total. The van der Waals surface area contributed by atoms with E-state index in [1.165, 1.54) is 6.92 Å². The lowest BCUT2D eigenvalue weighted by atomic mass is 10.0. The monoisotopic (exact) mass is 424 g/mol. The van der Waals surface area contributed by atoms with Gasteiger partial charge in [0.1, 0.15) is 6.10 Å². The van der Waals surface area contributed by atoms with Gasteiger partial charge in [-0.15, -0.1) is 0 Å². The van der Waals surface area contributed by atoms with Crippen LogP contribution >= 0.6 is 0 Å². The number of benzene rings is 1. The Morgan fingerprint density at radius 1 is 1.17 bits per heavy atom. The Bertz CT molecular complexity index is 699. The summed E-state index contributed by atoms with van der Waals surface area (Å²) in [5.41, 5.74) is 0.379. The lowest BCUT2D eigenvalue weighted by Crippen LogP contribution is -2.54. The van der Waals surface area contributed by atoms with Gasteiger partial charge in [-0.3, -0.25) is 4.79 Å². The lowest BCUT2D eigenvalue weighted by Gasteiger charge is -2.41. The molecule has 2 rings (SSSR count). The third kappa shape index (κ3) is 6.37. The molecule has 0 aromatic heterocycles. The van der Waals surface area contributed by atoms with Crippen LogP contribution < -0.4 is 0 Å². The number of rotatable bonds is 6. The fourth-order valence-corrected chi connectivity index (χ4v) is 3.79. The van der Waals surface area contributed by atoms with Gasteiger partial charge in [0, 0.05) is 13.3 Å². The third-order valence-electron chi connectivity index (χ3n) is 5.48. The van der Waals surface area contributed by atoms with E-state index in [0.717, 1.165) is 0 Å². The average Bonchev–Trinajstić information content (AvgIpc) is 2.62. The highest BCUT2D eigenvalue weighted by molar-refractivity contribution is 6.74. The molecule has 1 aromatic carbocycles. The van der Waals surface area contributed by atoms with Crippen molar-refractivity contribution in [2.45, 2.75) is 76.8 Å². The Kier molecular flexibility index (Phi) is 7.61. The molecular weight excluding hydrogens is 392 g/mol. The first-order valence-corrected chi connectivity index (χ1v) is 12.7. The Labute approximate surface area is 173 Å². The maximum atomic E-state index is 12.5. The average molecular weight is 425 g/mol. The zero-order valence-electron chi connectivity index (χ0n) is 18.0. The van der Waals surface area contributed by atoms with Crippen LogP contribution in [-0.2, 0) is 23.4 Å². The van der Waals surface area contributed by atoms with Crippen molar-refractivity contribution in [1.82, 2.24) is 0 Å². The highest BCUT2D eigenvalue weighted by Gasteiger charge is 2.44. The van der Waals surface area contributed by atoms with Gasteiger partial charge in [0.25, 0.3) is 0 Å². The smallest absolute Gasteiger partial charge is 0.338 e. The number of hydrogen-bond donors (Lipinski definition) is 1. The molecule has 7 nitrogen and oxygen atoms in total. The van der Waals surface area contributed by atoms with Crippen molar-refractivity contribution in [2.24, 2.45) is 0 Å². The van der Waals surface area contributed by atoms with Crippen LogP contribution in [0.2, 0.25) is 18.1 Å². The van der Waals surface area contributed by atoms with Gasteiger partial charge < -0.3 is 23.7 Å². The van der Waals surface area contributed by atoms with E-state index in [4.69, 9.17) is 18.6 Å². The molecule has 0 saturated carbocycles. The van der Waals surface area contributed by atoms with Gasteiger partial charge in [0.05, 0.1) is 18.3 Å². The van der Waals surface area contributed by atoms with Crippen LogP contribution in [0.25, 0.3) is 0 Å². The molecule has 0 spiro atoms. The first-order valence-electron chi connectivity index (χ1n) is 9.81. The van der Waals surface area contributed by atoms with Gasteiger partial charge >= 0.3 is 11.9 Å². The minimum absolute atomic E-state index is 0.0275. The summed E-state index contributed by atoms with van der Waals surface area (Å²) < 4.78 is 22.6. The highest BCUT2D eigenvalue weighted by Crippen LogP contribution is 2.37. The molecule has 0 amide bonds. The van der Waals surface area contributed by atoms with Crippen molar-refractivity contribution in [3.05, 3.63) is 35.9 Å². The normalized spacial score (nSPS) is 25.3. The minimum Gasteiger partial charge on any atom is -0.455 e. The highest BCUT2D eigenvalue weighted by atomic mass is 28.4. The van der Waals surface area contributed by atoms with E-state index in [9.17, 15) is 14.7 Å². The molecule has 1 aliphatic heterocycles. The Balaban J connectivity index is 2.11. The van der Waals surface area contributed by atoms with Gasteiger partial charge in [-0.1, -0.05) is 39.0 Å². The van der Waals surface area contributed by atoms with Gasteiger partial charge in [-0.05, 0) is 30.3 Å². The summed E-state index contributed by atoms with van der Waals surface area (Å²) in [6.45, 7) is 12.2. The van der Waals surface area contributed by atoms with Gasteiger partial charge in [0.2, 0.25) is 0 Å². The summed E-state index contributed by atoms with van der Waals surface area (Å²) in [5.74, 6) is -1.14. The molecule has 162 valence electrons. The van der Waals surface area contributed by atoms with Crippen molar-refractivity contribution in [3.63, 3.8) is 0 Å². The fraction of sp³-hybridized carbons (Fsp3) is 0.619. The molecular formula is C21H32O7Si. The molecule has 0 bridgehead atoms. The maximum absolute atomic E-state index is 12.5. The van der Waals surface area contributed by atoms with E-state index in [2.05, 4.69) is 33.9 Å². The molecule has 1 saturated heterocycles. The Hall–Kier alpha value is -1.74. The summed E-state index contributed by atoms with van der Waals surface area (Å²) in [5, 5.41) is 10.4. The van der Waals surface area contributed by atoms with Gasteiger partial charge in [0.15, 0.2) is 20.7 Å². The number of hydrogen-bond acceptors (Lipinski definition) is 7. The topological polar surface area (TPSA) is 91.3 Å². The number of carbonyl (C=O) groups is 2. The fourth-order valence-electron chi connectivity index (χ4n) is 2.75. The molecule has 0 unspecified atom stereocenters. The molecule has 1 heterocycles. The van der Waals surface area contributed by atoms with Crippen LogP contribution in [-0.4, -0.2) is 56.6 Å². The van der Waals surface area contributed by atoms with Crippen molar-refractivity contribution in [1.29, 1.82) is 0 Å². The molecule has 29 heavy (non-hydrogen) atoms. The first-order chi connectivity index (χ1) is 13.4.